The van der Waals surface area contributed by atoms with E-state index in [0.717, 1.165) is 28.0 Å². The fourth-order valence-corrected chi connectivity index (χ4v) is 6.92. The minimum Gasteiger partial charge on any atom is -0.252 e. The molecule has 0 radical (unpaired) electrons. The van der Waals surface area contributed by atoms with Crippen molar-refractivity contribution in [2.45, 2.75) is 5.92 Å². The quantitative estimate of drug-likeness (QED) is 0.160. The maximum Gasteiger partial charge on any atom is 0.0794 e. The zero-order valence-corrected chi connectivity index (χ0v) is 23.4. The van der Waals surface area contributed by atoms with Crippen LogP contribution in [0.2, 0.25) is 0 Å². The van der Waals surface area contributed by atoms with E-state index in [1.54, 1.807) is 0 Å². The summed E-state index contributed by atoms with van der Waals surface area (Å²) in [5.41, 5.74) is 10.3. The van der Waals surface area contributed by atoms with Crippen LogP contribution < -0.4 is 0 Å². The molecule has 0 spiro atoms. The molecule has 7 aromatic carbocycles. The summed E-state index contributed by atoms with van der Waals surface area (Å²) >= 11 is 0. The minimum atomic E-state index is 0.114. The summed E-state index contributed by atoms with van der Waals surface area (Å²) in [7, 11) is 0. The van der Waals surface area contributed by atoms with Crippen molar-refractivity contribution in [3.8, 4) is 11.1 Å². The van der Waals surface area contributed by atoms with Crippen molar-refractivity contribution in [2.75, 3.05) is 0 Å². The molecule has 1 aliphatic rings. The molecular weight excluding hydrogens is 520 g/mol. The van der Waals surface area contributed by atoms with Crippen LogP contribution in [-0.4, -0.2) is 10.7 Å². The van der Waals surface area contributed by atoms with E-state index in [9.17, 15) is 0 Å². The number of benzene rings is 7. The van der Waals surface area contributed by atoms with Crippen LogP contribution in [0.5, 0.6) is 0 Å². The third-order valence-electron chi connectivity index (χ3n) is 8.93. The lowest BCUT2D eigenvalue weighted by Gasteiger charge is -2.17. The number of hydrogen-bond donors (Lipinski definition) is 0. The molecule has 0 saturated carbocycles. The first-order valence-electron chi connectivity index (χ1n) is 14.8. The normalized spacial score (nSPS) is 14.4. The standard InChI is InChI=1S/C41H26N2/c1-2-12-28(13-3-1)38-33-16-8-9-17-36(33)42-39(38)30-20-18-29(19-21-30)37-34-24-22-26-10-4-6-14-31(26)40(34)43-41-32-15-7-5-11-27(32)23-25-35(37)41/h1-25,38H. The topological polar surface area (TPSA) is 25.2 Å². The average molecular weight is 547 g/mol. The molecular formula is C41H26N2. The van der Waals surface area contributed by atoms with Crippen LogP contribution >= 0.6 is 0 Å². The van der Waals surface area contributed by atoms with Gasteiger partial charge in [-0.05, 0) is 39.1 Å². The number of aromatic nitrogens is 1. The van der Waals surface area contributed by atoms with Gasteiger partial charge in [-0.2, -0.15) is 0 Å². The fourth-order valence-electron chi connectivity index (χ4n) is 6.92. The number of nitrogens with zero attached hydrogens (tertiary/aromatic N) is 2. The van der Waals surface area contributed by atoms with Crippen LogP contribution in [0.15, 0.2) is 157 Å². The summed E-state index contributed by atoms with van der Waals surface area (Å²) in [5.74, 6) is 0.114. The van der Waals surface area contributed by atoms with Gasteiger partial charge in [0.1, 0.15) is 0 Å². The van der Waals surface area contributed by atoms with Crippen LogP contribution in [0.1, 0.15) is 22.6 Å². The van der Waals surface area contributed by atoms with Gasteiger partial charge in [0, 0.05) is 27.1 Å². The summed E-state index contributed by atoms with van der Waals surface area (Å²) in [4.78, 5) is 10.5. The Balaban J connectivity index is 1.26. The summed E-state index contributed by atoms with van der Waals surface area (Å²) in [6, 6.07) is 54.3. The van der Waals surface area contributed by atoms with E-state index in [1.165, 1.54) is 54.6 Å². The molecule has 0 N–H and O–H groups in total. The molecule has 0 aliphatic carbocycles. The van der Waals surface area contributed by atoms with Crippen LogP contribution in [0.3, 0.4) is 0 Å². The molecule has 43 heavy (non-hydrogen) atoms. The molecule has 0 fully saturated rings. The number of rotatable bonds is 3. The van der Waals surface area contributed by atoms with Crippen molar-refractivity contribution >= 4 is 54.7 Å². The predicted octanol–water partition coefficient (Wildman–Crippen LogP) is 10.6. The Labute approximate surface area is 249 Å². The molecule has 1 aromatic heterocycles. The lowest BCUT2D eigenvalue weighted by atomic mass is 9.85. The Morgan fingerprint density at radius 1 is 0.419 bits per heavy atom. The lowest BCUT2D eigenvalue weighted by Crippen LogP contribution is -2.11. The molecule has 200 valence electrons. The Bertz CT molecular complexity index is 2290. The van der Waals surface area contributed by atoms with Gasteiger partial charge in [-0.3, -0.25) is 4.99 Å². The second-order valence-corrected chi connectivity index (χ2v) is 11.3. The van der Waals surface area contributed by atoms with Crippen molar-refractivity contribution in [3.63, 3.8) is 0 Å². The molecule has 8 aromatic rings. The molecule has 0 bridgehead atoms. The van der Waals surface area contributed by atoms with Crippen LogP contribution in [-0.2, 0) is 0 Å². The van der Waals surface area contributed by atoms with Crippen molar-refractivity contribution in [2.24, 2.45) is 4.99 Å². The molecule has 0 amide bonds. The van der Waals surface area contributed by atoms with Crippen molar-refractivity contribution in [1.82, 2.24) is 4.98 Å². The Hall–Kier alpha value is -5.60. The van der Waals surface area contributed by atoms with E-state index in [1.807, 2.05) is 0 Å². The third-order valence-corrected chi connectivity index (χ3v) is 8.93. The number of hydrogen-bond acceptors (Lipinski definition) is 2. The highest BCUT2D eigenvalue weighted by Crippen LogP contribution is 2.43. The maximum absolute atomic E-state index is 5.35. The van der Waals surface area contributed by atoms with Crippen molar-refractivity contribution in [3.05, 3.63) is 168 Å². The average Bonchev–Trinajstić information content (AvgIpc) is 3.47. The van der Waals surface area contributed by atoms with Gasteiger partial charge >= 0.3 is 0 Å². The second kappa shape index (κ2) is 9.47. The fraction of sp³-hybridized carbons (Fsp3) is 0.0244. The lowest BCUT2D eigenvalue weighted by molar-refractivity contribution is 1.11. The Morgan fingerprint density at radius 2 is 0.977 bits per heavy atom. The van der Waals surface area contributed by atoms with E-state index >= 15 is 0 Å². The maximum atomic E-state index is 5.35. The minimum absolute atomic E-state index is 0.114. The van der Waals surface area contributed by atoms with Crippen LogP contribution in [0.4, 0.5) is 5.69 Å². The first-order valence-corrected chi connectivity index (χ1v) is 14.8. The van der Waals surface area contributed by atoms with E-state index in [0.29, 0.717) is 0 Å². The second-order valence-electron chi connectivity index (χ2n) is 11.3. The largest absolute Gasteiger partial charge is 0.252 e. The third kappa shape index (κ3) is 3.73. The SMILES string of the molecule is c1ccc(C2C(c3ccc(-c4c5ccc6ccccc6c5nc5c4ccc4ccccc45)cc3)=Nc3ccccc32)cc1. The summed E-state index contributed by atoms with van der Waals surface area (Å²) in [6.45, 7) is 0. The number of fused-ring (bicyclic) bond motifs is 7. The molecule has 2 heterocycles. The molecule has 1 atom stereocenters. The van der Waals surface area contributed by atoms with Gasteiger partial charge in [0.25, 0.3) is 0 Å². The number of pyridine rings is 1. The first kappa shape index (κ1) is 24.0. The summed E-state index contributed by atoms with van der Waals surface area (Å²) in [5, 5.41) is 7.10. The first-order chi connectivity index (χ1) is 21.3. The van der Waals surface area contributed by atoms with Gasteiger partial charge in [0.2, 0.25) is 0 Å². The van der Waals surface area contributed by atoms with Crippen LogP contribution in [0.25, 0.3) is 54.5 Å². The van der Waals surface area contributed by atoms with Gasteiger partial charge in [-0.25, -0.2) is 4.98 Å². The van der Waals surface area contributed by atoms with Crippen LogP contribution in [0, 0.1) is 0 Å². The summed E-state index contributed by atoms with van der Waals surface area (Å²) < 4.78 is 0. The van der Waals surface area contributed by atoms with E-state index in [2.05, 4.69) is 152 Å². The van der Waals surface area contributed by atoms with Gasteiger partial charge in [0.15, 0.2) is 0 Å². The molecule has 0 saturated heterocycles. The predicted molar refractivity (Wildman–Crippen MR) is 181 cm³/mol. The molecule has 2 heteroatoms. The van der Waals surface area contributed by atoms with E-state index in [4.69, 9.17) is 9.98 Å². The van der Waals surface area contributed by atoms with Crippen molar-refractivity contribution < 1.29 is 0 Å². The van der Waals surface area contributed by atoms with Gasteiger partial charge in [-0.15, -0.1) is 0 Å². The zero-order chi connectivity index (χ0) is 28.3. The smallest absolute Gasteiger partial charge is 0.0794 e. The number of para-hydroxylation sites is 1. The molecule has 9 rings (SSSR count). The highest BCUT2D eigenvalue weighted by molar-refractivity contribution is 6.21. The van der Waals surface area contributed by atoms with E-state index in [-0.39, 0.29) is 5.92 Å². The highest BCUT2D eigenvalue weighted by Gasteiger charge is 2.29. The monoisotopic (exact) mass is 546 g/mol. The number of aliphatic imine (C=N–C) groups is 1. The Kier molecular flexibility index (Phi) is 5.30. The molecule has 1 aliphatic heterocycles. The van der Waals surface area contributed by atoms with Gasteiger partial charge in [0.05, 0.1) is 28.4 Å². The Morgan fingerprint density at radius 3 is 1.65 bits per heavy atom. The molecule has 1 unspecified atom stereocenters. The molecule has 2 nitrogen and oxygen atoms in total. The summed E-state index contributed by atoms with van der Waals surface area (Å²) in [6.07, 6.45) is 0. The van der Waals surface area contributed by atoms with E-state index < -0.39 is 0 Å². The van der Waals surface area contributed by atoms with Gasteiger partial charge < -0.3 is 0 Å². The van der Waals surface area contributed by atoms with Crippen molar-refractivity contribution in [1.29, 1.82) is 0 Å². The zero-order valence-electron chi connectivity index (χ0n) is 23.4. The van der Waals surface area contributed by atoms with Gasteiger partial charge in [-0.1, -0.05) is 146 Å². The highest BCUT2D eigenvalue weighted by atomic mass is 14.8.